The van der Waals surface area contributed by atoms with Gasteiger partial charge in [0, 0.05) is 11.9 Å². The number of hydrogen-bond donors (Lipinski definition) is 2. The number of carbonyl (C=O) groups is 1. The van der Waals surface area contributed by atoms with Gasteiger partial charge >= 0.3 is 18.0 Å². The minimum Gasteiger partial charge on any atom is -0.366 e. The summed E-state index contributed by atoms with van der Waals surface area (Å²) >= 11 is 0. The largest absolute Gasteiger partial charge is 0.435 e. The SMILES string of the molecule is O=C(Nc1ccc(S(=O)(=O)c2ccccn2)cc1)C(O)(C(F)(F)F)C(F)(F)F. The number of halogens is 6. The van der Waals surface area contributed by atoms with Crippen molar-refractivity contribution < 1.29 is 44.7 Å². The summed E-state index contributed by atoms with van der Waals surface area (Å²) in [6, 6.07) is 7.25. The molecule has 13 heteroatoms. The maximum Gasteiger partial charge on any atom is 0.435 e. The quantitative estimate of drug-likeness (QED) is 0.731. The molecule has 0 aliphatic heterocycles. The summed E-state index contributed by atoms with van der Waals surface area (Å²) in [5.41, 5.74) is -6.24. The third kappa shape index (κ3) is 3.80. The van der Waals surface area contributed by atoms with Gasteiger partial charge in [-0.1, -0.05) is 6.07 Å². The Morgan fingerprint density at radius 2 is 1.46 bits per heavy atom. The van der Waals surface area contributed by atoms with Gasteiger partial charge in [-0.05, 0) is 36.4 Å². The van der Waals surface area contributed by atoms with E-state index in [9.17, 15) is 39.6 Å². The van der Waals surface area contributed by atoms with Crippen LogP contribution in [0, 0.1) is 0 Å². The fourth-order valence-electron chi connectivity index (χ4n) is 1.98. The van der Waals surface area contributed by atoms with Crippen molar-refractivity contribution in [3.63, 3.8) is 0 Å². The Morgan fingerprint density at radius 1 is 0.929 bits per heavy atom. The molecule has 0 atom stereocenters. The highest BCUT2D eigenvalue weighted by atomic mass is 32.2. The molecule has 152 valence electrons. The van der Waals surface area contributed by atoms with E-state index in [-0.39, 0.29) is 9.92 Å². The van der Waals surface area contributed by atoms with Gasteiger partial charge in [0.15, 0.2) is 5.03 Å². The van der Waals surface area contributed by atoms with Crippen molar-refractivity contribution in [3.8, 4) is 0 Å². The molecule has 2 N–H and O–H groups in total. The zero-order valence-corrected chi connectivity index (χ0v) is 14.2. The molecule has 0 unspecified atom stereocenters. The van der Waals surface area contributed by atoms with Crippen LogP contribution in [0.3, 0.4) is 0 Å². The molecule has 28 heavy (non-hydrogen) atoms. The number of sulfone groups is 1. The van der Waals surface area contributed by atoms with Gasteiger partial charge in [0.25, 0.3) is 5.91 Å². The number of rotatable bonds is 4. The lowest BCUT2D eigenvalue weighted by Crippen LogP contribution is -2.64. The molecule has 1 heterocycles. The van der Waals surface area contributed by atoms with Crippen LogP contribution in [0.15, 0.2) is 58.6 Å². The highest BCUT2D eigenvalue weighted by molar-refractivity contribution is 7.91. The molecule has 1 aromatic carbocycles. The first kappa shape index (κ1) is 21.6. The predicted octanol–water partition coefficient (Wildman–Crippen LogP) is 2.71. The molecule has 2 aromatic rings. The summed E-state index contributed by atoms with van der Waals surface area (Å²) < 4.78 is 100. The van der Waals surface area contributed by atoms with E-state index < -0.39 is 39.4 Å². The zero-order valence-electron chi connectivity index (χ0n) is 13.4. The van der Waals surface area contributed by atoms with Crippen molar-refractivity contribution >= 4 is 21.4 Å². The number of nitrogens with one attached hydrogen (secondary N) is 1. The van der Waals surface area contributed by atoms with Crippen molar-refractivity contribution in [1.82, 2.24) is 4.98 Å². The molecule has 6 nitrogen and oxygen atoms in total. The van der Waals surface area contributed by atoms with Crippen LogP contribution in [0.2, 0.25) is 0 Å². The van der Waals surface area contributed by atoms with Gasteiger partial charge in [-0.2, -0.15) is 26.3 Å². The maximum atomic E-state index is 12.6. The fourth-order valence-corrected chi connectivity index (χ4v) is 3.18. The minimum absolute atomic E-state index is 0.338. The Balaban J connectivity index is 2.31. The molecular formula is C15H10F6N2O4S. The van der Waals surface area contributed by atoms with Crippen LogP contribution in [-0.2, 0) is 14.6 Å². The Bertz CT molecular complexity index is 943. The maximum absolute atomic E-state index is 12.6. The number of alkyl halides is 6. The fraction of sp³-hybridized carbons (Fsp3) is 0.200. The van der Waals surface area contributed by atoms with Gasteiger partial charge in [0.05, 0.1) is 4.90 Å². The molecular weight excluding hydrogens is 418 g/mol. The zero-order chi connectivity index (χ0) is 21.4. The van der Waals surface area contributed by atoms with Crippen molar-refractivity contribution in [2.45, 2.75) is 27.9 Å². The molecule has 0 aliphatic rings. The van der Waals surface area contributed by atoms with Gasteiger partial charge in [-0.3, -0.25) is 4.79 Å². The molecule has 0 radical (unpaired) electrons. The van der Waals surface area contributed by atoms with Crippen LogP contribution in [0.1, 0.15) is 0 Å². The van der Waals surface area contributed by atoms with E-state index in [0.717, 1.165) is 24.3 Å². The van der Waals surface area contributed by atoms with Gasteiger partial charge in [-0.25, -0.2) is 13.4 Å². The number of hydrogen-bond acceptors (Lipinski definition) is 5. The van der Waals surface area contributed by atoms with Gasteiger partial charge in [0.1, 0.15) is 0 Å². The topological polar surface area (TPSA) is 96.4 Å². The number of anilines is 1. The van der Waals surface area contributed by atoms with Crippen LogP contribution in [0.4, 0.5) is 32.0 Å². The van der Waals surface area contributed by atoms with Crippen LogP contribution < -0.4 is 5.32 Å². The van der Waals surface area contributed by atoms with Crippen molar-refractivity contribution in [2.24, 2.45) is 0 Å². The number of aliphatic hydroxyl groups is 1. The summed E-state index contributed by atoms with van der Waals surface area (Å²) in [6.45, 7) is 0. The molecule has 1 aromatic heterocycles. The predicted molar refractivity (Wildman–Crippen MR) is 81.8 cm³/mol. The highest BCUT2D eigenvalue weighted by Crippen LogP contribution is 2.43. The van der Waals surface area contributed by atoms with Crippen LogP contribution in [0.25, 0.3) is 0 Å². The third-order valence-corrected chi connectivity index (χ3v) is 5.17. The van der Waals surface area contributed by atoms with Gasteiger partial charge < -0.3 is 10.4 Å². The van der Waals surface area contributed by atoms with E-state index in [0.29, 0.717) is 0 Å². The summed E-state index contributed by atoms with van der Waals surface area (Å²) in [7, 11) is -4.09. The van der Waals surface area contributed by atoms with E-state index >= 15 is 0 Å². The monoisotopic (exact) mass is 428 g/mol. The van der Waals surface area contributed by atoms with Crippen LogP contribution >= 0.6 is 0 Å². The second kappa shape index (κ2) is 7.05. The summed E-state index contributed by atoms with van der Waals surface area (Å²) in [5.74, 6) is -2.78. The molecule has 0 saturated carbocycles. The summed E-state index contributed by atoms with van der Waals surface area (Å²) in [5, 5.41) is 9.92. The molecule has 0 fully saturated rings. The van der Waals surface area contributed by atoms with E-state index in [1.54, 1.807) is 0 Å². The first-order valence-corrected chi connectivity index (χ1v) is 8.63. The van der Waals surface area contributed by atoms with Crippen LogP contribution in [0.5, 0.6) is 0 Å². The molecule has 0 bridgehead atoms. The molecule has 0 aliphatic carbocycles. The number of carbonyl (C=O) groups excluding carboxylic acids is 1. The van der Waals surface area contributed by atoms with Crippen LogP contribution in [-0.4, -0.2) is 42.4 Å². The first-order chi connectivity index (χ1) is 12.7. The first-order valence-electron chi connectivity index (χ1n) is 7.15. The molecule has 1 amide bonds. The smallest absolute Gasteiger partial charge is 0.366 e. The van der Waals surface area contributed by atoms with E-state index in [4.69, 9.17) is 5.11 Å². The standard InChI is InChI=1S/C15H10F6N2O4S/c16-14(17,18)13(25,15(19,20)21)12(24)23-9-4-6-10(7-5-9)28(26,27)11-3-1-2-8-22-11/h1-8,25H,(H,23,24). The Hall–Kier alpha value is -2.67. The third-order valence-electron chi connectivity index (χ3n) is 3.48. The highest BCUT2D eigenvalue weighted by Gasteiger charge is 2.75. The number of pyridine rings is 1. The number of nitrogens with zero attached hydrogens (tertiary/aromatic N) is 1. The van der Waals surface area contributed by atoms with Crippen molar-refractivity contribution in [1.29, 1.82) is 0 Å². The lowest BCUT2D eigenvalue weighted by Gasteiger charge is -2.30. The second-order valence-electron chi connectivity index (χ2n) is 5.36. The van der Waals surface area contributed by atoms with E-state index in [1.165, 1.54) is 29.7 Å². The summed E-state index contributed by atoms with van der Waals surface area (Å²) in [6.07, 6.45) is -11.5. The number of amides is 1. The summed E-state index contributed by atoms with van der Waals surface area (Å²) in [4.78, 5) is 14.8. The molecule has 2 rings (SSSR count). The average molecular weight is 428 g/mol. The minimum atomic E-state index is -6.34. The van der Waals surface area contributed by atoms with Crippen molar-refractivity contribution in [3.05, 3.63) is 48.7 Å². The molecule has 0 saturated heterocycles. The van der Waals surface area contributed by atoms with Crippen molar-refractivity contribution in [2.75, 3.05) is 5.32 Å². The van der Waals surface area contributed by atoms with E-state index in [1.807, 2.05) is 0 Å². The second-order valence-corrected chi connectivity index (χ2v) is 7.25. The Kier molecular flexibility index (Phi) is 5.45. The van der Waals surface area contributed by atoms with E-state index in [2.05, 4.69) is 4.98 Å². The number of aromatic nitrogens is 1. The molecule has 0 spiro atoms. The number of benzene rings is 1. The lowest BCUT2D eigenvalue weighted by molar-refractivity contribution is -0.348. The normalized spacial score (nSPS) is 13.2. The Morgan fingerprint density at radius 3 is 1.89 bits per heavy atom. The lowest BCUT2D eigenvalue weighted by atomic mass is 10.0. The Labute approximate surface area is 153 Å². The van der Waals surface area contributed by atoms with Gasteiger partial charge in [-0.15, -0.1) is 0 Å². The van der Waals surface area contributed by atoms with Gasteiger partial charge in [0.2, 0.25) is 9.84 Å². The average Bonchev–Trinajstić information content (AvgIpc) is 2.60.